The highest BCUT2D eigenvalue weighted by molar-refractivity contribution is 7.89. The molecule has 0 spiro atoms. The molecule has 1 saturated heterocycles. The number of benzene rings is 2. The van der Waals surface area contributed by atoms with Crippen molar-refractivity contribution in [2.45, 2.75) is 30.7 Å². The average molecular weight is 421 g/mol. The number of likely N-dealkylation sites (N-methyl/N-ethyl adjacent to an activating group) is 1. The third kappa shape index (κ3) is 5.85. The third-order valence-corrected chi connectivity index (χ3v) is 6.86. The minimum Gasteiger partial charge on any atom is -0.326 e. The van der Waals surface area contributed by atoms with Crippen LogP contribution in [-0.4, -0.2) is 45.3 Å². The molecule has 1 heterocycles. The van der Waals surface area contributed by atoms with Crippen molar-refractivity contribution in [3.05, 3.63) is 59.9 Å². The summed E-state index contributed by atoms with van der Waals surface area (Å²) in [6.07, 6.45) is 2.84. The van der Waals surface area contributed by atoms with Gasteiger partial charge in [-0.15, -0.1) is 0 Å². The minimum atomic E-state index is -3.48. The minimum absolute atomic E-state index is 0.189. The summed E-state index contributed by atoms with van der Waals surface area (Å²) in [4.78, 5) is 13.4. The molecule has 2 aromatic carbocycles. The van der Waals surface area contributed by atoms with Crippen LogP contribution in [0.15, 0.2) is 53.4 Å². The Kier molecular flexibility index (Phi) is 7.00. The maximum atomic E-state index is 13.3. The van der Waals surface area contributed by atoms with Gasteiger partial charge in [0.1, 0.15) is 12.4 Å². The molecule has 29 heavy (non-hydrogen) atoms. The van der Waals surface area contributed by atoms with Crippen molar-refractivity contribution in [3.63, 3.8) is 0 Å². The van der Waals surface area contributed by atoms with Gasteiger partial charge in [-0.3, -0.25) is 4.79 Å². The number of nitrogens with zero attached hydrogens (tertiary/aromatic N) is 1. The number of hydrogen-bond acceptors (Lipinski definition) is 3. The van der Waals surface area contributed by atoms with Gasteiger partial charge in [-0.1, -0.05) is 18.6 Å². The Labute approximate surface area is 171 Å². The topological polar surface area (TPSA) is 70.9 Å². The zero-order valence-electron chi connectivity index (χ0n) is 16.5. The summed E-state index contributed by atoms with van der Waals surface area (Å²) in [7, 11) is -1.62. The summed E-state index contributed by atoms with van der Waals surface area (Å²) >= 11 is 0. The van der Waals surface area contributed by atoms with Gasteiger partial charge in [-0.05, 0) is 49.2 Å². The number of piperidine rings is 1. The number of sulfonamides is 1. The predicted octanol–water partition coefficient (Wildman–Crippen LogP) is 1.65. The number of quaternary nitrogens is 1. The SMILES string of the molecule is C[NH+](CC(=O)Nc1ccc(S(=O)(=O)N2CCCCC2)cc1)Cc1cccc(F)c1. The molecule has 1 aliphatic heterocycles. The van der Waals surface area contributed by atoms with Crippen LogP contribution in [0.25, 0.3) is 0 Å². The highest BCUT2D eigenvalue weighted by atomic mass is 32.2. The van der Waals surface area contributed by atoms with Gasteiger partial charge in [-0.2, -0.15) is 4.31 Å². The maximum Gasteiger partial charge on any atom is 0.279 e. The molecule has 2 aromatic rings. The van der Waals surface area contributed by atoms with E-state index >= 15 is 0 Å². The molecule has 8 heteroatoms. The summed E-state index contributed by atoms with van der Waals surface area (Å²) in [5.74, 6) is -0.482. The Hall–Kier alpha value is -2.29. The van der Waals surface area contributed by atoms with Crippen LogP contribution in [0.3, 0.4) is 0 Å². The van der Waals surface area contributed by atoms with Crippen LogP contribution in [-0.2, 0) is 21.4 Å². The summed E-state index contributed by atoms with van der Waals surface area (Å²) in [6, 6.07) is 12.6. The smallest absolute Gasteiger partial charge is 0.279 e. The van der Waals surface area contributed by atoms with E-state index in [9.17, 15) is 17.6 Å². The first kappa shape index (κ1) is 21.4. The fourth-order valence-electron chi connectivity index (χ4n) is 3.50. The van der Waals surface area contributed by atoms with Crippen molar-refractivity contribution in [3.8, 4) is 0 Å². The Balaban J connectivity index is 1.55. The summed E-state index contributed by atoms with van der Waals surface area (Å²) in [5, 5.41) is 2.79. The number of nitrogens with one attached hydrogen (secondary N) is 2. The molecule has 0 saturated carbocycles. The molecule has 0 aromatic heterocycles. The first-order valence-electron chi connectivity index (χ1n) is 9.80. The number of hydrogen-bond donors (Lipinski definition) is 2. The molecular weight excluding hydrogens is 393 g/mol. The second kappa shape index (κ2) is 9.47. The number of halogens is 1. The van der Waals surface area contributed by atoms with Crippen molar-refractivity contribution in [2.24, 2.45) is 0 Å². The fraction of sp³-hybridized carbons (Fsp3) is 0.381. The fourth-order valence-corrected chi connectivity index (χ4v) is 5.02. The summed E-state index contributed by atoms with van der Waals surface area (Å²) in [6.45, 7) is 1.85. The van der Waals surface area contributed by atoms with Gasteiger partial charge in [0, 0.05) is 24.3 Å². The van der Waals surface area contributed by atoms with E-state index in [0.29, 0.717) is 25.3 Å². The van der Waals surface area contributed by atoms with Gasteiger partial charge in [0.05, 0.1) is 11.9 Å². The number of rotatable bonds is 7. The van der Waals surface area contributed by atoms with Gasteiger partial charge in [-0.25, -0.2) is 12.8 Å². The van der Waals surface area contributed by atoms with Crippen LogP contribution in [0.4, 0.5) is 10.1 Å². The number of carbonyl (C=O) groups excluding carboxylic acids is 1. The molecule has 0 aliphatic carbocycles. The molecule has 1 aliphatic rings. The molecule has 1 unspecified atom stereocenters. The molecule has 1 atom stereocenters. The van der Waals surface area contributed by atoms with E-state index in [-0.39, 0.29) is 23.2 Å². The van der Waals surface area contributed by atoms with E-state index in [4.69, 9.17) is 0 Å². The molecule has 0 bridgehead atoms. The van der Waals surface area contributed by atoms with Crippen LogP contribution < -0.4 is 10.2 Å². The van der Waals surface area contributed by atoms with E-state index in [2.05, 4.69) is 5.32 Å². The number of carbonyl (C=O) groups is 1. The van der Waals surface area contributed by atoms with Crippen LogP contribution in [0, 0.1) is 5.82 Å². The van der Waals surface area contributed by atoms with Gasteiger partial charge in [0.25, 0.3) is 5.91 Å². The quantitative estimate of drug-likeness (QED) is 0.716. The molecule has 1 fully saturated rings. The van der Waals surface area contributed by atoms with Crippen molar-refractivity contribution < 1.29 is 22.5 Å². The largest absolute Gasteiger partial charge is 0.326 e. The van der Waals surface area contributed by atoms with Gasteiger partial charge < -0.3 is 10.2 Å². The zero-order valence-corrected chi connectivity index (χ0v) is 17.3. The standard InChI is InChI=1S/C21H26FN3O3S/c1-24(15-17-6-5-7-18(22)14-17)16-21(26)23-19-8-10-20(11-9-19)29(27,28)25-12-3-2-4-13-25/h5-11,14H,2-4,12-13,15-16H2,1H3,(H,23,26)/p+1. The van der Waals surface area contributed by atoms with Crippen LogP contribution in [0.5, 0.6) is 0 Å². The van der Waals surface area contributed by atoms with Crippen molar-refractivity contribution in [1.29, 1.82) is 0 Å². The molecule has 6 nitrogen and oxygen atoms in total. The van der Waals surface area contributed by atoms with Crippen molar-refractivity contribution in [1.82, 2.24) is 4.31 Å². The Morgan fingerprint density at radius 3 is 2.45 bits per heavy atom. The zero-order chi connectivity index (χ0) is 20.9. The molecule has 156 valence electrons. The highest BCUT2D eigenvalue weighted by Crippen LogP contribution is 2.21. The first-order chi connectivity index (χ1) is 13.8. The lowest BCUT2D eigenvalue weighted by Gasteiger charge is -2.25. The summed E-state index contributed by atoms with van der Waals surface area (Å²) < 4.78 is 40.1. The normalized spacial score (nSPS) is 16.3. The lowest BCUT2D eigenvalue weighted by Crippen LogP contribution is -3.08. The Morgan fingerprint density at radius 2 is 1.79 bits per heavy atom. The van der Waals surface area contributed by atoms with Crippen molar-refractivity contribution in [2.75, 3.05) is 32.0 Å². The predicted molar refractivity (Wildman–Crippen MR) is 110 cm³/mol. The van der Waals surface area contributed by atoms with E-state index in [1.54, 1.807) is 18.2 Å². The van der Waals surface area contributed by atoms with E-state index in [1.165, 1.54) is 28.6 Å². The van der Waals surface area contributed by atoms with Gasteiger partial charge in [0.15, 0.2) is 6.54 Å². The van der Waals surface area contributed by atoms with E-state index < -0.39 is 10.0 Å². The Morgan fingerprint density at radius 1 is 1.10 bits per heavy atom. The molecule has 0 radical (unpaired) electrons. The molecular formula is C21H27FN3O3S+. The van der Waals surface area contributed by atoms with Gasteiger partial charge >= 0.3 is 0 Å². The van der Waals surface area contributed by atoms with Crippen LogP contribution in [0.1, 0.15) is 24.8 Å². The van der Waals surface area contributed by atoms with Gasteiger partial charge in [0.2, 0.25) is 10.0 Å². The second-order valence-corrected chi connectivity index (χ2v) is 9.42. The summed E-state index contributed by atoms with van der Waals surface area (Å²) in [5.41, 5.74) is 1.37. The molecule has 1 amide bonds. The Bertz CT molecular complexity index is 942. The monoisotopic (exact) mass is 420 g/mol. The third-order valence-electron chi connectivity index (χ3n) is 4.95. The molecule has 3 rings (SSSR count). The number of amides is 1. The van der Waals surface area contributed by atoms with E-state index in [1.807, 2.05) is 13.1 Å². The van der Waals surface area contributed by atoms with Crippen LogP contribution in [0.2, 0.25) is 0 Å². The first-order valence-corrected chi connectivity index (χ1v) is 11.2. The lowest BCUT2D eigenvalue weighted by molar-refractivity contribution is -0.885. The number of anilines is 1. The lowest BCUT2D eigenvalue weighted by atomic mass is 10.2. The average Bonchev–Trinajstić information content (AvgIpc) is 2.69. The maximum absolute atomic E-state index is 13.3. The second-order valence-electron chi connectivity index (χ2n) is 7.48. The van der Waals surface area contributed by atoms with E-state index in [0.717, 1.165) is 29.7 Å². The molecule has 2 N–H and O–H groups in total. The highest BCUT2D eigenvalue weighted by Gasteiger charge is 2.25. The van der Waals surface area contributed by atoms with Crippen LogP contribution >= 0.6 is 0 Å². The van der Waals surface area contributed by atoms with Crippen molar-refractivity contribution >= 4 is 21.6 Å².